The molecule has 0 radical (unpaired) electrons. The molecule has 3 rings (SSSR count). The number of carbonyl (C=O) groups excluding carboxylic acids is 2. The molecule has 1 aliphatic carbocycles. The van der Waals surface area contributed by atoms with Gasteiger partial charge in [-0.3, -0.25) is 9.59 Å². The van der Waals surface area contributed by atoms with Gasteiger partial charge < -0.3 is 9.64 Å². The van der Waals surface area contributed by atoms with Crippen LogP contribution in [0.1, 0.15) is 32.6 Å². The van der Waals surface area contributed by atoms with Crippen molar-refractivity contribution in [3.8, 4) is 5.75 Å². The Morgan fingerprint density at radius 2 is 1.90 bits per heavy atom. The zero-order valence-corrected chi connectivity index (χ0v) is 11.7. The van der Waals surface area contributed by atoms with Crippen LogP contribution in [0.15, 0.2) is 24.3 Å². The SMILES string of the molecule is CC(=O)Oc1ccc(N2CC3CCCCC3C2=O)cc1. The van der Waals surface area contributed by atoms with Crippen molar-refractivity contribution in [1.29, 1.82) is 0 Å². The summed E-state index contributed by atoms with van der Waals surface area (Å²) in [6, 6.07) is 7.19. The van der Waals surface area contributed by atoms with Crippen molar-refractivity contribution in [3.05, 3.63) is 24.3 Å². The predicted molar refractivity (Wildman–Crippen MR) is 75.6 cm³/mol. The maximum absolute atomic E-state index is 12.4. The van der Waals surface area contributed by atoms with Crippen molar-refractivity contribution in [2.24, 2.45) is 11.8 Å². The fourth-order valence-electron chi connectivity index (χ4n) is 3.37. The minimum absolute atomic E-state index is 0.219. The summed E-state index contributed by atoms with van der Waals surface area (Å²) in [5.41, 5.74) is 0.903. The Morgan fingerprint density at radius 3 is 2.55 bits per heavy atom. The molecule has 1 amide bonds. The van der Waals surface area contributed by atoms with Gasteiger partial charge in [-0.15, -0.1) is 0 Å². The molecule has 2 aliphatic rings. The van der Waals surface area contributed by atoms with E-state index in [4.69, 9.17) is 4.74 Å². The minimum atomic E-state index is -0.332. The minimum Gasteiger partial charge on any atom is -0.427 e. The number of ether oxygens (including phenoxy) is 1. The van der Waals surface area contributed by atoms with Gasteiger partial charge in [0.2, 0.25) is 5.91 Å². The molecule has 1 aromatic carbocycles. The number of anilines is 1. The fourth-order valence-corrected chi connectivity index (χ4v) is 3.37. The molecule has 2 unspecified atom stereocenters. The predicted octanol–water partition coefficient (Wildman–Crippen LogP) is 2.76. The highest BCUT2D eigenvalue weighted by Gasteiger charge is 2.41. The van der Waals surface area contributed by atoms with Gasteiger partial charge >= 0.3 is 5.97 Å². The summed E-state index contributed by atoms with van der Waals surface area (Å²) in [4.78, 5) is 25.2. The second kappa shape index (κ2) is 5.27. The quantitative estimate of drug-likeness (QED) is 0.615. The van der Waals surface area contributed by atoms with Gasteiger partial charge in [0.25, 0.3) is 0 Å². The molecule has 4 heteroatoms. The molecular weight excluding hydrogens is 254 g/mol. The Labute approximate surface area is 118 Å². The Balaban J connectivity index is 1.76. The number of fused-ring (bicyclic) bond motifs is 1. The van der Waals surface area contributed by atoms with Crippen LogP contribution >= 0.6 is 0 Å². The number of nitrogens with zero attached hydrogens (tertiary/aromatic N) is 1. The molecule has 2 atom stereocenters. The van der Waals surface area contributed by atoms with Crippen molar-refractivity contribution < 1.29 is 14.3 Å². The zero-order chi connectivity index (χ0) is 14.1. The van der Waals surface area contributed by atoms with E-state index in [1.54, 1.807) is 12.1 Å². The molecule has 20 heavy (non-hydrogen) atoms. The van der Waals surface area contributed by atoms with Crippen molar-refractivity contribution in [3.63, 3.8) is 0 Å². The van der Waals surface area contributed by atoms with Crippen molar-refractivity contribution in [2.75, 3.05) is 11.4 Å². The van der Waals surface area contributed by atoms with E-state index in [9.17, 15) is 9.59 Å². The molecule has 1 saturated heterocycles. The standard InChI is InChI=1S/C16H19NO3/c1-11(18)20-14-8-6-13(7-9-14)17-10-12-4-2-3-5-15(12)16(17)19/h6-9,12,15H,2-5,10H2,1H3. The third-order valence-corrected chi connectivity index (χ3v) is 4.32. The van der Waals surface area contributed by atoms with E-state index < -0.39 is 0 Å². The van der Waals surface area contributed by atoms with Crippen LogP contribution in [-0.2, 0) is 9.59 Å². The van der Waals surface area contributed by atoms with E-state index in [1.165, 1.54) is 26.2 Å². The molecule has 1 aromatic rings. The lowest BCUT2D eigenvalue weighted by Gasteiger charge is -2.21. The second-order valence-electron chi connectivity index (χ2n) is 5.69. The van der Waals surface area contributed by atoms with Crippen LogP contribution < -0.4 is 9.64 Å². The average Bonchev–Trinajstić information content (AvgIpc) is 2.77. The van der Waals surface area contributed by atoms with Gasteiger partial charge in [-0.1, -0.05) is 12.8 Å². The molecule has 1 heterocycles. The molecule has 4 nitrogen and oxygen atoms in total. The molecule has 0 bridgehead atoms. The lowest BCUT2D eigenvalue weighted by molar-refractivity contribution is -0.131. The Bertz CT molecular complexity index is 523. The topological polar surface area (TPSA) is 46.6 Å². The molecular formula is C16H19NO3. The van der Waals surface area contributed by atoms with E-state index in [0.29, 0.717) is 11.7 Å². The first kappa shape index (κ1) is 13.2. The van der Waals surface area contributed by atoms with Gasteiger partial charge in [-0.25, -0.2) is 0 Å². The molecule has 2 fully saturated rings. The van der Waals surface area contributed by atoms with Gasteiger partial charge in [0, 0.05) is 25.1 Å². The lowest BCUT2D eigenvalue weighted by Crippen LogP contribution is -2.27. The van der Waals surface area contributed by atoms with Gasteiger partial charge in [0.05, 0.1) is 0 Å². The monoisotopic (exact) mass is 273 g/mol. The molecule has 0 N–H and O–H groups in total. The first-order valence-electron chi connectivity index (χ1n) is 7.25. The highest BCUT2D eigenvalue weighted by atomic mass is 16.5. The van der Waals surface area contributed by atoms with Crippen LogP contribution in [0, 0.1) is 11.8 Å². The van der Waals surface area contributed by atoms with Crippen LogP contribution in [0.3, 0.4) is 0 Å². The van der Waals surface area contributed by atoms with E-state index >= 15 is 0 Å². The molecule has 1 saturated carbocycles. The highest BCUT2D eigenvalue weighted by molar-refractivity contribution is 5.97. The number of esters is 1. The first-order valence-corrected chi connectivity index (χ1v) is 7.25. The highest BCUT2D eigenvalue weighted by Crippen LogP contribution is 2.39. The third kappa shape index (κ3) is 2.42. The maximum atomic E-state index is 12.4. The van der Waals surface area contributed by atoms with E-state index in [-0.39, 0.29) is 17.8 Å². The van der Waals surface area contributed by atoms with Crippen molar-refractivity contribution >= 4 is 17.6 Å². The van der Waals surface area contributed by atoms with E-state index in [1.807, 2.05) is 17.0 Å². The number of carbonyl (C=O) groups is 2. The van der Waals surface area contributed by atoms with E-state index in [2.05, 4.69) is 0 Å². The van der Waals surface area contributed by atoms with Crippen molar-refractivity contribution in [2.45, 2.75) is 32.6 Å². The first-order chi connectivity index (χ1) is 9.65. The summed E-state index contributed by atoms with van der Waals surface area (Å²) in [7, 11) is 0. The molecule has 1 aliphatic heterocycles. The van der Waals surface area contributed by atoms with Gasteiger partial charge in [0.15, 0.2) is 0 Å². The Kier molecular flexibility index (Phi) is 3.47. The van der Waals surface area contributed by atoms with Crippen LogP contribution in [-0.4, -0.2) is 18.4 Å². The number of hydrogen-bond acceptors (Lipinski definition) is 3. The Morgan fingerprint density at radius 1 is 1.20 bits per heavy atom. The van der Waals surface area contributed by atoms with Gasteiger partial charge in [0.1, 0.15) is 5.75 Å². The van der Waals surface area contributed by atoms with Gasteiger partial charge in [-0.2, -0.15) is 0 Å². The van der Waals surface area contributed by atoms with Crippen LogP contribution in [0.2, 0.25) is 0 Å². The average molecular weight is 273 g/mol. The molecule has 0 spiro atoms. The van der Waals surface area contributed by atoms with Gasteiger partial charge in [-0.05, 0) is 43.0 Å². The summed E-state index contributed by atoms with van der Waals surface area (Å²) in [5.74, 6) is 1.18. The number of benzene rings is 1. The third-order valence-electron chi connectivity index (χ3n) is 4.32. The summed E-state index contributed by atoms with van der Waals surface area (Å²) in [6.45, 7) is 2.21. The second-order valence-corrected chi connectivity index (χ2v) is 5.69. The van der Waals surface area contributed by atoms with Crippen LogP contribution in [0.4, 0.5) is 5.69 Å². The largest absolute Gasteiger partial charge is 0.427 e. The Hall–Kier alpha value is -1.84. The maximum Gasteiger partial charge on any atom is 0.308 e. The van der Waals surface area contributed by atoms with Crippen molar-refractivity contribution in [1.82, 2.24) is 0 Å². The summed E-state index contributed by atoms with van der Waals surface area (Å²) in [5, 5.41) is 0. The fraction of sp³-hybridized carbons (Fsp3) is 0.500. The smallest absolute Gasteiger partial charge is 0.308 e. The van der Waals surface area contributed by atoms with Crippen LogP contribution in [0.25, 0.3) is 0 Å². The number of rotatable bonds is 2. The summed E-state index contributed by atoms with van der Waals surface area (Å²) < 4.78 is 5.01. The summed E-state index contributed by atoms with van der Waals surface area (Å²) >= 11 is 0. The van der Waals surface area contributed by atoms with Crippen LogP contribution in [0.5, 0.6) is 5.75 Å². The molecule has 106 valence electrons. The van der Waals surface area contributed by atoms with E-state index in [0.717, 1.165) is 18.7 Å². The number of amides is 1. The molecule has 0 aromatic heterocycles. The number of hydrogen-bond donors (Lipinski definition) is 0. The lowest BCUT2D eigenvalue weighted by atomic mass is 9.81. The normalized spacial score (nSPS) is 25.4. The summed E-state index contributed by atoms with van der Waals surface area (Å²) in [6.07, 6.45) is 4.61. The zero-order valence-electron chi connectivity index (χ0n) is 11.7.